The lowest BCUT2D eigenvalue weighted by molar-refractivity contribution is 1.07. The fraction of sp³-hybridized carbons (Fsp3) is 0.0750. The van der Waals surface area contributed by atoms with Crippen molar-refractivity contribution in [2.75, 3.05) is 0 Å². The van der Waals surface area contributed by atoms with Gasteiger partial charge in [-0.05, 0) is 45.1 Å². The summed E-state index contributed by atoms with van der Waals surface area (Å²) in [5.41, 5.74) is 1.27. The fourth-order valence-electron chi connectivity index (χ4n) is 5.28. The zero-order valence-corrected chi connectivity index (χ0v) is 25.6. The molecule has 44 heavy (non-hydrogen) atoms. The third-order valence-corrected chi connectivity index (χ3v) is 9.48. The Morgan fingerprint density at radius 3 is 1.48 bits per heavy atom. The van der Waals surface area contributed by atoms with Crippen LogP contribution in [-0.2, 0) is 0 Å². The highest BCUT2D eigenvalue weighted by Crippen LogP contribution is 2.33. The van der Waals surface area contributed by atoms with Gasteiger partial charge in [-0.3, -0.25) is 0 Å². The summed E-state index contributed by atoms with van der Waals surface area (Å²) in [6.07, 6.45) is 0. The van der Waals surface area contributed by atoms with Crippen molar-refractivity contribution in [1.29, 1.82) is 0 Å². The molecule has 1 heterocycles. The second-order valence-corrected chi connectivity index (χ2v) is 16.5. The molecule has 212 valence electrons. The van der Waals surface area contributed by atoms with E-state index in [0.29, 0.717) is 16.7 Å². The number of nitrogens with zero attached hydrogens (tertiary/aromatic N) is 3. The molecule has 0 saturated heterocycles. The first-order valence-electron chi connectivity index (χ1n) is 18.4. The molecule has 7 aromatic rings. The molecule has 0 spiro atoms. The van der Waals surface area contributed by atoms with Gasteiger partial charge in [0.1, 0.15) is 0 Å². The van der Waals surface area contributed by atoms with E-state index in [1.165, 1.54) is 5.19 Å². The number of benzene rings is 6. The molecule has 1 aromatic heterocycles. The van der Waals surface area contributed by atoms with Crippen molar-refractivity contribution in [3.05, 3.63) is 145 Å². The van der Waals surface area contributed by atoms with Gasteiger partial charge in [-0.25, -0.2) is 15.0 Å². The Bertz CT molecular complexity index is 2480. The minimum atomic E-state index is -1.81. The Balaban J connectivity index is 1.53. The van der Waals surface area contributed by atoms with Gasteiger partial charge in [0.15, 0.2) is 17.5 Å². The number of aromatic nitrogens is 3. The smallest absolute Gasteiger partial charge is 0.164 e. The Morgan fingerprint density at radius 2 is 0.909 bits per heavy atom. The van der Waals surface area contributed by atoms with E-state index < -0.39 is 44.3 Å². The van der Waals surface area contributed by atoms with Gasteiger partial charge in [0, 0.05) is 16.7 Å². The molecule has 0 amide bonds. The number of hydrogen-bond donors (Lipinski definition) is 0. The van der Waals surface area contributed by atoms with E-state index in [-0.39, 0.29) is 51.8 Å². The van der Waals surface area contributed by atoms with Crippen molar-refractivity contribution >= 4 is 24.0 Å². The first kappa shape index (κ1) is 19.9. The maximum atomic E-state index is 9.51. The average molecular weight is 592 g/mol. The largest absolute Gasteiger partial charge is 0.208 e. The third kappa shape index (κ3) is 5.48. The van der Waals surface area contributed by atoms with E-state index >= 15 is 0 Å². The minimum Gasteiger partial charge on any atom is -0.208 e. The average Bonchev–Trinajstić information content (AvgIpc) is 3.14. The summed E-state index contributed by atoms with van der Waals surface area (Å²) >= 11 is 0. The zero-order chi connectivity index (χ0) is 37.1. The molecule has 0 atom stereocenters. The van der Waals surface area contributed by atoms with Gasteiger partial charge >= 0.3 is 0 Å². The SMILES string of the molecule is [2H]c1c([2H])c(-c2nc(-c3ccccc3)nc(-c3ccccc3)n2)c([2H])c(-c2c([2H])c([2H])c([2H])c(-c3ccc([Si](C)(C)C)c4ccccc34)c2[2H])c1[2H]. The molecule has 0 bridgehead atoms. The lowest BCUT2D eigenvalue weighted by Crippen LogP contribution is -2.38. The molecule has 0 saturated carbocycles. The fourth-order valence-corrected chi connectivity index (χ4v) is 6.88. The molecule has 7 rings (SSSR count). The van der Waals surface area contributed by atoms with Crippen LogP contribution in [0.2, 0.25) is 19.6 Å². The summed E-state index contributed by atoms with van der Waals surface area (Å²) in [7, 11) is -1.81. The van der Waals surface area contributed by atoms with Crippen molar-refractivity contribution in [3.8, 4) is 56.4 Å². The minimum absolute atomic E-state index is 0.0770. The maximum absolute atomic E-state index is 9.51. The van der Waals surface area contributed by atoms with Crippen LogP contribution in [0.3, 0.4) is 0 Å². The van der Waals surface area contributed by atoms with Gasteiger partial charge in [-0.1, -0.05) is 158 Å². The molecule has 0 aliphatic rings. The molecule has 0 aliphatic heterocycles. The van der Waals surface area contributed by atoms with Crippen LogP contribution in [0.25, 0.3) is 67.2 Å². The van der Waals surface area contributed by atoms with Crippen molar-refractivity contribution in [1.82, 2.24) is 15.0 Å². The second-order valence-electron chi connectivity index (χ2n) is 11.5. The van der Waals surface area contributed by atoms with Crippen LogP contribution in [0.4, 0.5) is 0 Å². The van der Waals surface area contributed by atoms with Crippen molar-refractivity contribution < 1.29 is 11.0 Å². The van der Waals surface area contributed by atoms with E-state index in [1.54, 1.807) is 0 Å². The van der Waals surface area contributed by atoms with Gasteiger partial charge in [-0.2, -0.15) is 0 Å². The molecule has 0 N–H and O–H groups in total. The van der Waals surface area contributed by atoms with Crippen LogP contribution in [0.5, 0.6) is 0 Å². The van der Waals surface area contributed by atoms with E-state index in [1.807, 2.05) is 97.1 Å². The Labute approximate surface area is 271 Å². The maximum Gasteiger partial charge on any atom is 0.164 e. The molecular formula is C40H33N3Si. The standard InChI is InChI=1S/C40H33N3Si/c1-44(2,3)37-25-24-34(35-22-10-11-23-36(35)37)32-20-12-18-30(26-32)31-19-13-21-33(27-31)40-42-38(28-14-6-4-7-15-28)41-39(43-40)29-16-8-5-9-17-29/h4-27H,1-3H3/i12D,13D,18D,19D,20D,21D,26D,27D. The van der Waals surface area contributed by atoms with Gasteiger partial charge in [-0.15, -0.1) is 0 Å². The zero-order valence-electron chi connectivity index (χ0n) is 32.6. The Morgan fingerprint density at radius 1 is 0.455 bits per heavy atom. The quantitative estimate of drug-likeness (QED) is 0.181. The van der Waals surface area contributed by atoms with Gasteiger partial charge in [0.2, 0.25) is 0 Å². The molecule has 0 aliphatic carbocycles. The first-order chi connectivity index (χ1) is 24.8. The molecule has 3 nitrogen and oxygen atoms in total. The predicted molar refractivity (Wildman–Crippen MR) is 187 cm³/mol. The molecule has 0 radical (unpaired) electrons. The second kappa shape index (κ2) is 11.5. The summed E-state index contributed by atoms with van der Waals surface area (Å²) in [4.78, 5) is 14.0. The van der Waals surface area contributed by atoms with Crippen LogP contribution >= 0.6 is 0 Å². The molecule has 6 aromatic carbocycles. The van der Waals surface area contributed by atoms with Gasteiger partial charge in [0.05, 0.1) is 19.0 Å². The van der Waals surface area contributed by atoms with Crippen molar-refractivity contribution in [2.45, 2.75) is 19.6 Å². The summed E-state index contributed by atoms with van der Waals surface area (Å²) in [6, 6.07) is 26.4. The van der Waals surface area contributed by atoms with Crippen LogP contribution in [0, 0.1) is 0 Å². The third-order valence-electron chi connectivity index (χ3n) is 7.42. The Kier molecular flexibility index (Phi) is 5.19. The topological polar surface area (TPSA) is 38.7 Å². The Hall–Kier alpha value is -5.19. The van der Waals surface area contributed by atoms with E-state index in [4.69, 9.17) is 8.22 Å². The molecule has 0 fully saturated rings. The van der Waals surface area contributed by atoms with Crippen LogP contribution in [0.1, 0.15) is 11.0 Å². The van der Waals surface area contributed by atoms with Gasteiger partial charge in [0.25, 0.3) is 0 Å². The summed E-state index contributed by atoms with van der Waals surface area (Å²) in [5, 5.41) is 2.97. The number of fused-ring (bicyclic) bond motifs is 1. The van der Waals surface area contributed by atoms with Crippen molar-refractivity contribution in [3.63, 3.8) is 0 Å². The summed E-state index contributed by atoms with van der Waals surface area (Å²) in [5.74, 6) is 0.472. The molecular weight excluding hydrogens is 551 g/mol. The van der Waals surface area contributed by atoms with E-state index in [2.05, 4.69) is 34.6 Å². The van der Waals surface area contributed by atoms with Crippen LogP contribution in [0.15, 0.2) is 145 Å². The summed E-state index contributed by atoms with van der Waals surface area (Å²) < 4.78 is 72.7. The van der Waals surface area contributed by atoms with Gasteiger partial charge < -0.3 is 0 Å². The normalized spacial score (nSPS) is 14.1. The van der Waals surface area contributed by atoms with Crippen LogP contribution in [-0.4, -0.2) is 23.0 Å². The predicted octanol–water partition coefficient (Wildman–Crippen LogP) is 9.90. The highest BCUT2D eigenvalue weighted by Gasteiger charge is 2.20. The monoisotopic (exact) mass is 591 g/mol. The first-order valence-corrected chi connectivity index (χ1v) is 17.9. The highest BCUT2D eigenvalue weighted by molar-refractivity contribution is 6.90. The number of rotatable bonds is 6. The van der Waals surface area contributed by atoms with E-state index in [0.717, 1.165) is 10.8 Å². The number of hydrogen-bond acceptors (Lipinski definition) is 3. The molecule has 4 heteroatoms. The summed E-state index contributed by atoms with van der Waals surface area (Å²) in [6.45, 7) is 6.72. The van der Waals surface area contributed by atoms with Crippen molar-refractivity contribution in [2.24, 2.45) is 0 Å². The van der Waals surface area contributed by atoms with Crippen LogP contribution < -0.4 is 5.19 Å². The highest BCUT2D eigenvalue weighted by atomic mass is 28.3. The molecule has 0 unspecified atom stereocenters. The lowest BCUT2D eigenvalue weighted by atomic mass is 9.94. The lowest BCUT2D eigenvalue weighted by Gasteiger charge is -2.21. The van der Waals surface area contributed by atoms with E-state index in [9.17, 15) is 2.74 Å².